The van der Waals surface area contributed by atoms with Gasteiger partial charge in [-0.1, -0.05) is 23.7 Å². The molecule has 3 N–H and O–H groups in total. The molecule has 2 aromatic rings. The molecule has 1 atom stereocenters. The zero-order valence-corrected chi connectivity index (χ0v) is 10.6. The molecule has 2 rings (SSSR count). The number of nitrogen functional groups attached to an aromatic ring is 1. The van der Waals surface area contributed by atoms with Crippen molar-refractivity contribution in [3.8, 4) is 0 Å². The number of halogens is 2. The summed E-state index contributed by atoms with van der Waals surface area (Å²) < 4.78 is 13.5. The topological polar surface area (TPSA) is 46.2 Å². The van der Waals surface area contributed by atoms with Crippen molar-refractivity contribution in [2.75, 3.05) is 5.73 Å². The van der Waals surface area contributed by atoms with Crippen LogP contribution in [0.5, 0.6) is 0 Å². The fourth-order valence-electron chi connectivity index (χ4n) is 1.87. The van der Waals surface area contributed by atoms with Gasteiger partial charge in [-0.25, -0.2) is 4.39 Å². The van der Waals surface area contributed by atoms with E-state index in [-0.39, 0.29) is 5.82 Å². The molecule has 0 aromatic heterocycles. The Balaban J connectivity index is 2.51. The summed E-state index contributed by atoms with van der Waals surface area (Å²) in [6.45, 7) is 1.62. The summed E-state index contributed by atoms with van der Waals surface area (Å²) in [4.78, 5) is 0. The Kier molecular flexibility index (Phi) is 3.55. The fraction of sp³-hybridized carbons (Fsp3) is 0.143. The largest absolute Gasteiger partial charge is 0.398 e. The van der Waals surface area contributed by atoms with Crippen molar-refractivity contribution in [2.24, 2.45) is 0 Å². The summed E-state index contributed by atoms with van der Waals surface area (Å²) in [5.74, 6) is -0.354. The van der Waals surface area contributed by atoms with Gasteiger partial charge in [-0.3, -0.25) is 0 Å². The van der Waals surface area contributed by atoms with Gasteiger partial charge in [0.1, 0.15) is 11.9 Å². The van der Waals surface area contributed by atoms with Crippen LogP contribution in [0.15, 0.2) is 36.4 Å². The highest BCUT2D eigenvalue weighted by Gasteiger charge is 2.17. The molecule has 0 aliphatic rings. The third-order valence-electron chi connectivity index (χ3n) is 2.95. The lowest BCUT2D eigenvalue weighted by Gasteiger charge is -2.16. The van der Waals surface area contributed by atoms with E-state index in [0.29, 0.717) is 27.4 Å². The van der Waals surface area contributed by atoms with Crippen LogP contribution in [0.1, 0.15) is 22.8 Å². The molecule has 0 fully saturated rings. The Morgan fingerprint density at radius 3 is 2.67 bits per heavy atom. The first-order valence-electron chi connectivity index (χ1n) is 5.48. The lowest BCUT2D eigenvalue weighted by molar-refractivity contribution is 0.219. The molecule has 1 unspecified atom stereocenters. The van der Waals surface area contributed by atoms with E-state index in [0.717, 1.165) is 0 Å². The van der Waals surface area contributed by atoms with Crippen molar-refractivity contribution in [1.82, 2.24) is 0 Å². The van der Waals surface area contributed by atoms with Gasteiger partial charge >= 0.3 is 0 Å². The lowest BCUT2D eigenvalue weighted by atomic mass is 9.96. The second-order valence-corrected chi connectivity index (χ2v) is 4.57. The van der Waals surface area contributed by atoms with Crippen LogP contribution in [-0.2, 0) is 0 Å². The second kappa shape index (κ2) is 4.96. The standard InChI is InChI=1S/C14H13ClFNO/c1-8-10(3-2-4-12(8)16)14(18)11-7-9(15)5-6-13(11)17/h2-7,14,18H,17H2,1H3. The minimum absolute atomic E-state index is 0.354. The van der Waals surface area contributed by atoms with E-state index >= 15 is 0 Å². The maximum absolute atomic E-state index is 13.5. The number of aliphatic hydroxyl groups is 1. The van der Waals surface area contributed by atoms with Crippen molar-refractivity contribution in [2.45, 2.75) is 13.0 Å². The van der Waals surface area contributed by atoms with Gasteiger partial charge in [0.05, 0.1) is 0 Å². The van der Waals surface area contributed by atoms with Crippen molar-refractivity contribution in [3.05, 3.63) is 63.9 Å². The van der Waals surface area contributed by atoms with E-state index in [2.05, 4.69) is 0 Å². The molecular weight excluding hydrogens is 253 g/mol. The Hall–Kier alpha value is -1.58. The Labute approximate surface area is 110 Å². The van der Waals surface area contributed by atoms with E-state index in [1.54, 1.807) is 37.3 Å². The van der Waals surface area contributed by atoms with Crippen molar-refractivity contribution < 1.29 is 9.50 Å². The van der Waals surface area contributed by atoms with E-state index in [4.69, 9.17) is 17.3 Å². The minimum atomic E-state index is -0.987. The van der Waals surface area contributed by atoms with Crippen LogP contribution in [0, 0.1) is 12.7 Å². The van der Waals surface area contributed by atoms with Crippen molar-refractivity contribution in [1.29, 1.82) is 0 Å². The predicted octanol–water partition coefficient (Wildman–Crippen LogP) is 3.45. The Bertz CT molecular complexity index is 584. The van der Waals surface area contributed by atoms with Gasteiger partial charge in [-0.05, 0) is 42.3 Å². The van der Waals surface area contributed by atoms with Crippen LogP contribution in [0.3, 0.4) is 0 Å². The summed E-state index contributed by atoms with van der Waals surface area (Å²) >= 11 is 5.88. The summed E-state index contributed by atoms with van der Waals surface area (Å²) in [6.07, 6.45) is -0.987. The number of anilines is 1. The van der Waals surface area contributed by atoms with Crippen LogP contribution in [0.4, 0.5) is 10.1 Å². The van der Waals surface area contributed by atoms with Crippen molar-refractivity contribution in [3.63, 3.8) is 0 Å². The van der Waals surface area contributed by atoms with Crippen LogP contribution in [0.25, 0.3) is 0 Å². The minimum Gasteiger partial charge on any atom is -0.398 e. The first-order valence-corrected chi connectivity index (χ1v) is 5.86. The van der Waals surface area contributed by atoms with Crippen LogP contribution >= 0.6 is 11.6 Å². The molecule has 0 radical (unpaired) electrons. The number of hydrogen-bond donors (Lipinski definition) is 2. The summed E-state index contributed by atoms with van der Waals surface area (Å²) in [5.41, 5.74) is 7.61. The average Bonchev–Trinajstić information content (AvgIpc) is 2.35. The third kappa shape index (κ3) is 2.33. The zero-order valence-electron chi connectivity index (χ0n) is 9.82. The third-order valence-corrected chi connectivity index (χ3v) is 3.18. The molecule has 0 saturated carbocycles. The van der Waals surface area contributed by atoms with Crippen LogP contribution in [-0.4, -0.2) is 5.11 Å². The van der Waals surface area contributed by atoms with E-state index in [1.807, 2.05) is 0 Å². The normalized spacial score (nSPS) is 12.4. The molecule has 0 aliphatic carbocycles. The molecule has 0 heterocycles. The summed E-state index contributed by atoms with van der Waals surface area (Å²) in [7, 11) is 0. The molecule has 2 aromatic carbocycles. The highest BCUT2D eigenvalue weighted by molar-refractivity contribution is 6.30. The highest BCUT2D eigenvalue weighted by atomic mass is 35.5. The molecule has 0 spiro atoms. The maximum Gasteiger partial charge on any atom is 0.126 e. The van der Waals surface area contributed by atoms with E-state index in [1.165, 1.54) is 6.07 Å². The van der Waals surface area contributed by atoms with E-state index in [9.17, 15) is 9.50 Å². The molecule has 0 aliphatic heterocycles. The molecule has 0 amide bonds. The van der Waals surface area contributed by atoms with Gasteiger partial charge < -0.3 is 10.8 Å². The number of rotatable bonds is 2. The lowest BCUT2D eigenvalue weighted by Crippen LogP contribution is -2.06. The Morgan fingerprint density at radius 2 is 1.94 bits per heavy atom. The molecule has 94 valence electrons. The maximum atomic E-state index is 13.5. The number of nitrogens with two attached hydrogens (primary N) is 1. The predicted molar refractivity (Wildman–Crippen MR) is 71.1 cm³/mol. The second-order valence-electron chi connectivity index (χ2n) is 4.13. The summed E-state index contributed by atoms with van der Waals surface area (Å²) in [6, 6.07) is 9.44. The van der Waals surface area contributed by atoms with Gasteiger partial charge in [0, 0.05) is 16.3 Å². The SMILES string of the molecule is Cc1c(F)cccc1C(O)c1cc(Cl)ccc1N. The monoisotopic (exact) mass is 265 g/mol. The summed E-state index contributed by atoms with van der Waals surface area (Å²) in [5, 5.41) is 10.8. The first-order chi connectivity index (χ1) is 8.50. The van der Waals surface area contributed by atoms with Gasteiger partial charge in [-0.2, -0.15) is 0 Å². The first kappa shape index (κ1) is 12.9. The van der Waals surface area contributed by atoms with Crippen molar-refractivity contribution >= 4 is 17.3 Å². The molecule has 18 heavy (non-hydrogen) atoms. The average molecular weight is 266 g/mol. The van der Waals surface area contributed by atoms with E-state index < -0.39 is 6.10 Å². The molecule has 4 heteroatoms. The highest BCUT2D eigenvalue weighted by Crippen LogP contribution is 2.31. The Morgan fingerprint density at radius 1 is 1.22 bits per heavy atom. The number of benzene rings is 2. The zero-order chi connectivity index (χ0) is 13.3. The molecule has 2 nitrogen and oxygen atoms in total. The van der Waals surface area contributed by atoms with Gasteiger partial charge in [-0.15, -0.1) is 0 Å². The molecular formula is C14H13ClFNO. The smallest absolute Gasteiger partial charge is 0.126 e. The quantitative estimate of drug-likeness (QED) is 0.817. The molecule has 0 bridgehead atoms. The van der Waals surface area contributed by atoms with Gasteiger partial charge in [0.2, 0.25) is 0 Å². The number of aliphatic hydroxyl groups excluding tert-OH is 1. The van der Waals surface area contributed by atoms with Crippen LogP contribution in [0.2, 0.25) is 5.02 Å². The van der Waals surface area contributed by atoms with Crippen LogP contribution < -0.4 is 5.73 Å². The number of hydrogen-bond acceptors (Lipinski definition) is 2. The fourth-order valence-corrected chi connectivity index (χ4v) is 2.05. The molecule has 0 saturated heterocycles. The van der Waals surface area contributed by atoms with Gasteiger partial charge in [0.25, 0.3) is 0 Å². The van der Waals surface area contributed by atoms with Gasteiger partial charge in [0.15, 0.2) is 0 Å².